The largest absolute Gasteiger partial charge is 0.329 e. The quantitative estimate of drug-likeness (QED) is 0.755. The highest BCUT2D eigenvalue weighted by Crippen LogP contribution is 2.24. The zero-order valence-corrected chi connectivity index (χ0v) is 13.1. The molecule has 2 unspecified atom stereocenters. The van der Waals surface area contributed by atoms with Crippen molar-refractivity contribution in [1.29, 1.82) is 0 Å². The van der Waals surface area contributed by atoms with Crippen LogP contribution in [0.3, 0.4) is 0 Å². The molecule has 1 aliphatic rings. The minimum absolute atomic E-state index is 0.172. The van der Waals surface area contributed by atoms with E-state index in [1.807, 2.05) is 0 Å². The Kier molecular flexibility index (Phi) is 6.09. The van der Waals surface area contributed by atoms with Gasteiger partial charge in [0.05, 0.1) is 0 Å². The molecule has 3 nitrogen and oxygen atoms in total. The van der Waals surface area contributed by atoms with E-state index in [9.17, 15) is 0 Å². The second-order valence-electron chi connectivity index (χ2n) is 6.93. The highest BCUT2D eigenvalue weighted by molar-refractivity contribution is 4.88. The van der Waals surface area contributed by atoms with Gasteiger partial charge in [0.2, 0.25) is 0 Å². The number of likely N-dealkylation sites (N-methyl/N-ethyl adjacent to an activating group) is 1. The third kappa shape index (κ3) is 4.52. The van der Waals surface area contributed by atoms with Gasteiger partial charge in [-0.25, -0.2) is 0 Å². The zero-order valence-electron chi connectivity index (χ0n) is 13.1. The summed E-state index contributed by atoms with van der Waals surface area (Å²) in [4.78, 5) is 4.95. The number of hydrogen-bond donors (Lipinski definition) is 1. The Balaban J connectivity index is 2.47. The topological polar surface area (TPSA) is 32.5 Å². The van der Waals surface area contributed by atoms with Crippen LogP contribution in [0.15, 0.2) is 0 Å². The second-order valence-corrected chi connectivity index (χ2v) is 6.93. The third-order valence-corrected chi connectivity index (χ3v) is 4.64. The second kappa shape index (κ2) is 6.88. The molecular formula is C15H33N3. The van der Waals surface area contributed by atoms with Crippen molar-refractivity contribution in [1.82, 2.24) is 9.80 Å². The molecule has 0 aromatic heterocycles. The summed E-state index contributed by atoms with van der Waals surface area (Å²) in [5, 5.41) is 0. The fourth-order valence-corrected chi connectivity index (χ4v) is 2.83. The maximum absolute atomic E-state index is 6.04. The van der Waals surface area contributed by atoms with Gasteiger partial charge in [0.1, 0.15) is 0 Å². The van der Waals surface area contributed by atoms with Gasteiger partial charge >= 0.3 is 0 Å². The van der Waals surface area contributed by atoms with Crippen LogP contribution >= 0.6 is 0 Å². The van der Waals surface area contributed by atoms with Gasteiger partial charge in [-0.3, -0.25) is 4.90 Å². The molecule has 3 heteroatoms. The molecule has 1 heterocycles. The van der Waals surface area contributed by atoms with E-state index in [-0.39, 0.29) is 5.54 Å². The van der Waals surface area contributed by atoms with Crippen molar-refractivity contribution in [2.45, 2.75) is 45.6 Å². The highest BCUT2D eigenvalue weighted by Gasteiger charge is 2.30. The predicted molar refractivity (Wildman–Crippen MR) is 79.8 cm³/mol. The lowest BCUT2D eigenvalue weighted by Gasteiger charge is -2.40. The molecule has 108 valence electrons. The van der Waals surface area contributed by atoms with Gasteiger partial charge in [-0.2, -0.15) is 0 Å². The van der Waals surface area contributed by atoms with E-state index in [4.69, 9.17) is 5.73 Å². The first-order valence-corrected chi connectivity index (χ1v) is 7.47. The van der Waals surface area contributed by atoms with Gasteiger partial charge < -0.3 is 10.6 Å². The molecule has 0 radical (unpaired) electrons. The van der Waals surface area contributed by atoms with E-state index in [0.717, 1.165) is 18.4 Å². The Bertz CT molecular complexity index is 242. The Morgan fingerprint density at radius 3 is 2.56 bits per heavy atom. The van der Waals surface area contributed by atoms with Crippen molar-refractivity contribution >= 4 is 0 Å². The molecule has 2 N–H and O–H groups in total. The van der Waals surface area contributed by atoms with Crippen LogP contribution in [0.1, 0.15) is 40.0 Å². The predicted octanol–water partition coefficient (Wildman–Crippen LogP) is 2.02. The normalized spacial score (nSPS) is 25.0. The molecule has 0 bridgehead atoms. The summed E-state index contributed by atoms with van der Waals surface area (Å²) in [5.74, 6) is 1.59. The first-order valence-electron chi connectivity index (χ1n) is 7.47. The summed E-state index contributed by atoms with van der Waals surface area (Å²) in [5.41, 5.74) is 6.22. The van der Waals surface area contributed by atoms with Crippen molar-refractivity contribution in [3.8, 4) is 0 Å². The van der Waals surface area contributed by atoms with Crippen molar-refractivity contribution < 1.29 is 0 Å². The van der Waals surface area contributed by atoms with Crippen LogP contribution in [-0.2, 0) is 0 Å². The molecule has 1 saturated heterocycles. The maximum atomic E-state index is 6.04. The lowest BCUT2D eigenvalue weighted by Crippen LogP contribution is -2.51. The van der Waals surface area contributed by atoms with Crippen LogP contribution in [0, 0.1) is 11.8 Å². The first-order chi connectivity index (χ1) is 8.37. The standard InChI is InChI=1S/C15H33N3/c1-13(2)6-8-15(3,12-16)18(5)11-14-7-9-17(4)10-14/h13-14H,6-12,16H2,1-5H3. The fraction of sp³-hybridized carbons (Fsp3) is 1.00. The monoisotopic (exact) mass is 255 g/mol. The van der Waals surface area contributed by atoms with Crippen molar-refractivity contribution in [3.05, 3.63) is 0 Å². The van der Waals surface area contributed by atoms with Crippen LogP contribution in [-0.4, -0.2) is 55.6 Å². The third-order valence-electron chi connectivity index (χ3n) is 4.64. The van der Waals surface area contributed by atoms with E-state index >= 15 is 0 Å². The molecule has 2 atom stereocenters. The lowest BCUT2D eigenvalue weighted by molar-refractivity contribution is 0.108. The summed E-state index contributed by atoms with van der Waals surface area (Å²) >= 11 is 0. The number of nitrogens with zero attached hydrogens (tertiary/aromatic N) is 2. The average molecular weight is 255 g/mol. The van der Waals surface area contributed by atoms with Gasteiger partial charge in [0, 0.05) is 25.2 Å². The molecule has 1 aliphatic heterocycles. The van der Waals surface area contributed by atoms with E-state index in [1.54, 1.807) is 0 Å². The van der Waals surface area contributed by atoms with Crippen LogP contribution in [0.2, 0.25) is 0 Å². The first kappa shape index (κ1) is 15.9. The minimum atomic E-state index is 0.172. The smallest absolute Gasteiger partial charge is 0.0300 e. The molecule has 1 fully saturated rings. The maximum Gasteiger partial charge on any atom is 0.0300 e. The van der Waals surface area contributed by atoms with E-state index in [2.05, 4.69) is 44.7 Å². The Hall–Kier alpha value is -0.120. The molecule has 0 spiro atoms. The average Bonchev–Trinajstić information content (AvgIpc) is 2.71. The SMILES string of the molecule is CC(C)CCC(C)(CN)N(C)CC1CCN(C)C1. The molecule has 0 saturated carbocycles. The van der Waals surface area contributed by atoms with Crippen molar-refractivity contribution in [2.24, 2.45) is 17.6 Å². The van der Waals surface area contributed by atoms with Gasteiger partial charge in [-0.15, -0.1) is 0 Å². The van der Waals surface area contributed by atoms with Crippen molar-refractivity contribution in [2.75, 3.05) is 40.3 Å². The highest BCUT2D eigenvalue weighted by atomic mass is 15.2. The summed E-state index contributed by atoms with van der Waals surface area (Å²) in [6, 6.07) is 0. The van der Waals surface area contributed by atoms with Crippen LogP contribution < -0.4 is 5.73 Å². The van der Waals surface area contributed by atoms with Gasteiger partial charge in [-0.05, 0) is 58.7 Å². The molecule has 0 aromatic rings. The van der Waals surface area contributed by atoms with Gasteiger partial charge in [0.15, 0.2) is 0 Å². The van der Waals surface area contributed by atoms with Gasteiger partial charge in [-0.1, -0.05) is 13.8 Å². The molecule has 18 heavy (non-hydrogen) atoms. The fourth-order valence-electron chi connectivity index (χ4n) is 2.83. The Labute approximate surface area is 114 Å². The van der Waals surface area contributed by atoms with Crippen LogP contribution in [0.4, 0.5) is 0 Å². The number of nitrogens with two attached hydrogens (primary N) is 1. The number of rotatable bonds is 7. The lowest BCUT2D eigenvalue weighted by atomic mass is 9.89. The van der Waals surface area contributed by atoms with Crippen LogP contribution in [0.25, 0.3) is 0 Å². The molecular weight excluding hydrogens is 222 g/mol. The summed E-state index contributed by atoms with van der Waals surface area (Å²) in [6.07, 6.45) is 3.81. The molecule has 0 amide bonds. The van der Waals surface area contributed by atoms with Crippen molar-refractivity contribution in [3.63, 3.8) is 0 Å². The number of likely N-dealkylation sites (tertiary alicyclic amines) is 1. The Morgan fingerprint density at radius 1 is 1.44 bits per heavy atom. The molecule has 0 aromatic carbocycles. The minimum Gasteiger partial charge on any atom is -0.329 e. The van der Waals surface area contributed by atoms with E-state index in [1.165, 1.54) is 38.9 Å². The number of hydrogen-bond acceptors (Lipinski definition) is 3. The molecule has 0 aliphatic carbocycles. The van der Waals surface area contributed by atoms with E-state index in [0.29, 0.717) is 0 Å². The zero-order chi connectivity index (χ0) is 13.8. The summed E-state index contributed by atoms with van der Waals surface area (Å²) in [7, 11) is 4.48. The summed E-state index contributed by atoms with van der Waals surface area (Å²) in [6.45, 7) is 11.4. The molecule has 1 rings (SSSR count). The summed E-state index contributed by atoms with van der Waals surface area (Å²) < 4.78 is 0. The van der Waals surface area contributed by atoms with E-state index < -0.39 is 0 Å². The Morgan fingerprint density at radius 2 is 2.11 bits per heavy atom. The van der Waals surface area contributed by atoms with Gasteiger partial charge in [0.25, 0.3) is 0 Å². The van der Waals surface area contributed by atoms with Crippen LogP contribution in [0.5, 0.6) is 0 Å².